The van der Waals surface area contributed by atoms with Crippen molar-refractivity contribution in [2.45, 2.75) is 13.5 Å². The topological polar surface area (TPSA) is 75.7 Å². The number of nitrogens with zero attached hydrogens (tertiary/aromatic N) is 1. The molecule has 31 heavy (non-hydrogen) atoms. The molecule has 3 aromatic rings. The molecular formula is C25H24N2O4. The number of carbonyl (C=O) groups is 3. The predicted molar refractivity (Wildman–Crippen MR) is 119 cm³/mol. The molecule has 0 aliphatic rings. The summed E-state index contributed by atoms with van der Waals surface area (Å²) in [4.78, 5) is 38.9. The van der Waals surface area contributed by atoms with Crippen molar-refractivity contribution in [2.24, 2.45) is 0 Å². The summed E-state index contributed by atoms with van der Waals surface area (Å²) in [6, 6.07) is 23.1. The first-order chi connectivity index (χ1) is 14.9. The van der Waals surface area contributed by atoms with E-state index in [2.05, 4.69) is 5.32 Å². The van der Waals surface area contributed by atoms with Crippen molar-refractivity contribution in [3.8, 4) is 0 Å². The number of hydrogen-bond donors (Lipinski definition) is 1. The minimum atomic E-state index is -0.680. The van der Waals surface area contributed by atoms with E-state index in [9.17, 15) is 14.4 Å². The molecule has 0 unspecified atom stereocenters. The van der Waals surface area contributed by atoms with Gasteiger partial charge in [-0.15, -0.1) is 0 Å². The molecule has 0 atom stereocenters. The van der Waals surface area contributed by atoms with E-state index >= 15 is 0 Å². The van der Waals surface area contributed by atoms with E-state index < -0.39 is 5.97 Å². The zero-order valence-corrected chi connectivity index (χ0v) is 17.5. The summed E-state index contributed by atoms with van der Waals surface area (Å²) in [6.45, 7) is 2.03. The molecule has 0 saturated heterocycles. The quantitative estimate of drug-likeness (QED) is 0.590. The van der Waals surface area contributed by atoms with Gasteiger partial charge in [-0.3, -0.25) is 9.59 Å². The number of amides is 2. The van der Waals surface area contributed by atoms with E-state index in [4.69, 9.17) is 4.74 Å². The molecule has 6 nitrogen and oxygen atoms in total. The molecule has 0 aromatic heterocycles. The molecule has 2 amide bonds. The van der Waals surface area contributed by atoms with Gasteiger partial charge in [0.05, 0.1) is 11.3 Å². The Morgan fingerprint density at radius 2 is 1.52 bits per heavy atom. The standard InChI is InChI=1S/C25H24N2O4/c1-18-12-14-19(15-13-18)16-27(2)23(28)17-31-25(30)21-10-6-7-11-22(21)26-24(29)20-8-4-3-5-9-20/h3-15H,16-17H2,1-2H3,(H,26,29). The number of nitrogens with one attached hydrogen (secondary N) is 1. The van der Waals surface area contributed by atoms with Crippen LogP contribution < -0.4 is 5.32 Å². The first kappa shape index (κ1) is 21.8. The van der Waals surface area contributed by atoms with Crippen molar-refractivity contribution in [3.63, 3.8) is 0 Å². The molecule has 0 bridgehead atoms. The first-order valence-electron chi connectivity index (χ1n) is 9.86. The molecule has 0 radical (unpaired) electrons. The number of benzene rings is 3. The Morgan fingerprint density at radius 1 is 0.871 bits per heavy atom. The lowest BCUT2D eigenvalue weighted by Crippen LogP contribution is -2.31. The summed E-state index contributed by atoms with van der Waals surface area (Å²) in [5, 5.41) is 2.72. The fourth-order valence-corrected chi connectivity index (χ4v) is 2.92. The number of ether oxygens (including phenoxy) is 1. The number of anilines is 1. The average Bonchev–Trinajstić information content (AvgIpc) is 2.79. The minimum Gasteiger partial charge on any atom is -0.452 e. The maximum absolute atomic E-state index is 12.6. The number of rotatable bonds is 7. The predicted octanol–water partition coefficient (Wildman–Crippen LogP) is 4.06. The van der Waals surface area contributed by atoms with Crippen molar-refractivity contribution in [1.82, 2.24) is 4.90 Å². The maximum atomic E-state index is 12.6. The lowest BCUT2D eigenvalue weighted by Gasteiger charge is -2.17. The Morgan fingerprint density at radius 3 is 2.23 bits per heavy atom. The van der Waals surface area contributed by atoms with Crippen LogP contribution in [-0.4, -0.2) is 36.3 Å². The SMILES string of the molecule is Cc1ccc(CN(C)C(=O)COC(=O)c2ccccc2NC(=O)c2ccccc2)cc1. The van der Waals surface area contributed by atoms with Gasteiger partial charge in [-0.1, -0.05) is 60.2 Å². The summed E-state index contributed by atoms with van der Waals surface area (Å²) in [7, 11) is 1.66. The molecule has 158 valence electrons. The van der Waals surface area contributed by atoms with Crippen molar-refractivity contribution < 1.29 is 19.1 Å². The molecule has 3 aromatic carbocycles. The van der Waals surface area contributed by atoms with Gasteiger partial charge in [0, 0.05) is 19.2 Å². The molecule has 0 fully saturated rings. The summed E-state index contributed by atoms with van der Waals surface area (Å²) in [5.74, 6) is -1.34. The monoisotopic (exact) mass is 416 g/mol. The summed E-state index contributed by atoms with van der Waals surface area (Å²) >= 11 is 0. The van der Waals surface area contributed by atoms with Crippen LogP contribution in [0.25, 0.3) is 0 Å². The van der Waals surface area contributed by atoms with E-state index in [1.54, 1.807) is 55.6 Å². The second-order valence-electron chi connectivity index (χ2n) is 7.18. The highest BCUT2D eigenvalue weighted by Gasteiger charge is 2.18. The van der Waals surface area contributed by atoms with Gasteiger partial charge in [0.2, 0.25) is 0 Å². The van der Waals surface area contributed by atoms with Crippen LogP contribution in [0.5, 0.6) is 0 Å². The van der Waals surface area contributed by atoms with Crippen molar-refractivity contribution >= 4 is 23.5 Å². The summed E-state index contributed by atoms with van der Waals surface area (Å²) in [6.07, 6.45) is 0. The first-order valence-corrected chi connectivity index (χ1v) is 9.86. The van der Waals surface area contributed by atoms with Gasteiger partial charge in [-0.2, -0.15) is 0 Å². The van der Waals surface area contributed by atoms with Crippen molar-refractivity contribution in [2.75, 3.05) is 19.0 Å². The average molecular weight is 416 g/mol. The van der Waals surface area contributed by atoms with Gasteiger partial charge in [0.25, 0.3) is 11.8 Å². The molecule has 0 aliphatic carbocycles. The Labute approximate surface area is 181 Å². The van der Waals surface area contributed by atoms with Crippen LogP contribution >= 0.6 is 0 Å². The Hall–Kier alpha value is -3.93. The van der Waals surface area contributed by atoms with Gasteiger partial charge < -0.3 is 15.0 Å². The lowest BCUT2D eigenvalue weighted by molar-refractivity contribution is -0.133. The third kappa shape index (κ3) is 6.02. The van der Waals surface area contributed by atoms with Crippen LogP contribution in [0.15, 0.2) is 78.9 Å². The molecule has 0 heterocycles. The number of esters is 1. The molecule has 0 saturated carbocycles. The zero-order valence-electron chi connectivity index (χ0n) is 17.5. The Bertz CT molecular complexity index is 1060. The number of likely N-dealkylation sites (N-methyl/N-ethyl adjacent to an activating group) is 1. The van der Waals surface area contributed by atoms with Crippen LogP contribution in [0.4, 0.5) is 5.69 Å². The highest BCUT2D eigenvalue weighted by atomic mass is 16.5. The summed E-state index contributed by atoms with van der Waals surface area (Å²) < 4.78 is 5.21. The third-order valence-electron chi connectivity index (χ3n) is 4.72. The second-order valence-corrected chi connectivity index (χ2v) is 7.18. The van der Waals surface area contributed by atoms with Gasteiger partial charge in [0.15, 0.2) is 6.61 Å². The van der Waals surface area contributed by atoms with Gasteiger partial charge in [-0.25, -0.2) is 4.79 Å². The number of aryl methyl sites for hydroxylation is 1. The van der Waals surface area contributed by atoms with E-state index in [0.29, 0.717) is 17.8 Å². The zero-order chi connectivity index (χ0) is 22.2. The van der Waals surface area contributed by atoms with E-state index in [1.165, 1.54) is 4.90 Å². The molecule has 0 spiro atoms. The number of hydrogen-bond acceptors (Lipinski definition) is 4. The van der Waals surface area contributed by atoms with E-state index in [-0.39, 0.29) is 24.0 Å². The van der Waals surface area contributed by atoms with Gasteiger partial charge >= 0.3 is 5.97 Å². The molecule has 6 heteroatoms. The summed E-state index contributed by atoms with van der Waals surface area (Å²) in [5.41, 5.74) is 3.10. The molecule has 3 rings (SSSR count). The molecule has 0 aliphatic heterocycles. The van der Waals surface area contributed by atoms with Crippen molar-refractivity contribution in [3.05, 3.63) is 101 Å². The number of carbonyl (C=O) groups excluding carboxylic acids is 3. The van der Waals surface area contributed by atoms with E-state index in [1.807, 2.05) is 37.3 Å². The van der Waals surface area contributed by atoms with Crippen LogP contribution in [-0.2, 0) is 16.1 Å². The lowest BCUT2D eigenvalue weighted by atomic mass is 10.1. The van der Waals surface area contributed by atoms with Gasteiger partial charge in [-0.05, 0) is 36.8 Å². The third-order valence-corrected chi connectivity index (χ3v) is 4.72. The highest BCUT2D eigenvalue weighted by Crippen LogP contribution is 2.17. The number of para-hydroxylation sites is 1. The van der Waals surface area contributed by atoms with Crippen LogP contribution in [0, 0.1) is 6.92 Å². The van der Waals surface area contributed by atoms with Crippen LogP contribution in [0.2, 0.25) is 0 Å². The maximum Gasteiger partial charge on any atom is 0.340 e. The van der Waals surface area contributed by atoms with Gasteiger partial charge in [0.1, 0.15) is 0 Å². The minimum absolute atomic E-state index is 0.181. The van der Waals surface area contributed by atoms with E-state index in [0.717, 1.165) is 11.1 Å². The van der Waals surface area contributed by atoms with Crippen LogP contribution in [0.3, 0.4) is 0 Å². The normalized spacial score (nSPS) is 10.3. The second kappa shape index (κ2) is 10.2. The highest BCUT2D eigenvalue weighted by molar-refractivity contribution is 6.08. The Kier molecular flexibility index (Phi) is 7.17. The molecular weight excluding hydrogens is 392 g/mol. The largest absolute Gasteiger partial charge is 0.452 e. The van der Waals surface area contributed by atoms with Crippen molar-refractivity contribution in [1.29, 1.82) is 0 Å². The fourth-order valence-electron chi connectivity index (χ4n) is 2.92. The fraction of sp³-hybridized carbons (Fsp3) is 0.160. The Balaban J connectivity index is 1.59. The smallest absolute Gasteiger partial charge is 0.340 e. The van der Waals surface area contributed by atoms with Crippen LogP contribution in [0.1, 0.15) is 31.8 Å². The molecule has 1 N–H and O–H groups in total.